The molecule has 4 nitrogen and oxygen atoms in total. The predicted molar refractivity (Wildman–Crippen MR) is 83.5 cm³/mol. The quantitative estimate of drug-likeness (QED) is 0.744. The van der Waals surface area contributed by atoms with Crippen LogP contribution >= 0.6 is 0 Å². The van der Waals surface area contributed by atoms with Crippen molar-refractivity contribution >= 4 is 16.6 Å². The van der Waals surface area contributed by atoms with E-state index < -0.39 is 0 Å². The first kappa shape index (κ1) is 13.2. The predicted octanol–water partition coefficient (Wildman–Crippen LogP) is 3.40. The Morgan fingerprint density at radius 2 is 1.90 bits per heavy atom. The van der Waals surface area contributed by atoms with Gasteiger partial charge in [0, 0.05) is 28.9 Å². The zero-order valence-corrected chi connectivity index (χ0v) is 11.7. The first-order chi connectivity index (χ1) is 10.3. The summed E-state index contributed by atoms with van der Waals surface area (Å²) in [5.41, 5.74) is 8.22. The molecule has 0 unspecified atom stereocenters. The average molecular weight is 280 g/mol. The van der Waals surface area contributed by atoms with Crippen LogP contribution in [0.4, 0.5) is 5.69 Å². The highest BCUT2D eigenvalue weighted by Crippen LogP contribution is 2.26. The Labute approximate surface area is 123 Å². The van der Waals surface area contributed by atoms with Crippen molar-refractivity contribution in [3.8, 4) is 11.5 Å². The van der Waals surface area contributed by atoms with Crippen LogP contribution in [0.1, 0.15) is 5.56 Å². The Balaban J connectivity index is 1.87. The summed E-state index contributed by atoms with van der Waals surface area (Å²) in [6.07, 6.45) is 1.76. The Morgan fingerprint density at radius 1 is 1.05 bits per heavy atom. The van der Waals surface area contributed by atoms with Gasteiger partial charge in [0.25, 0.3) is 0 Å². The van der Waals surface area contributed by atoms with Crippen LogP contribution in [-0.2, 0) is 6.61 Å². The maximum Gasteiger partial charge on any atom is 0.146 e. The lowest BCUT2D eigenvalue weighted by Crippen LogP contribution is -2.00. The van der Waals surface area contributed by atoms with E-state index in [1.54, 1.807) is 19.4 Å². The number of methoxy groups -OCH3 is 1. The average Bonchev–Trinajstić information content (AvgIpc) is 2.53. The third-order valence-corrected chi connectivity index (χ3v) is 3.29. The van der Waals surface area contributed by atoms with Crippen LogP contribution in [-0.4, -0.2) is 12.1 Å². The van der Waals surface area contributed by atoms with Crippen molar-refractivity contribution in [2.75, 3.05) is 12.8 Å². The van der Waals surface area contributed by atoms with Crippen LogP contribution < -0.4 is 15.2 Å². The molecular formula is C17H16N2O2. The molecule has 0 radical (unpaired) electrons. The van der Waals surface area contributed by atoms with Gasteiger partial charge in [-0.15, -0.1) is 0 Å². The van der Waals surface area contributed by atoms with Crippen molar-refractivity contribution < 1.29 is 9.47 Å². The molecule has 1 heterocycles. The highest BCUT2D eigenvalue weighted by molar-refractivity contribution is 5.84. The minimum absolute atomic E-state index is 0.402. The lowest BCUT2D eigenvalue weighted by molar-refractivity contribution is 0.299. The summed E-state index contributed by atoms with van der Waals surface area (Å²) in [4.78, 5) is 4.37. The van der Waals surface area contributed by atoms with Crippen LogP contribution in [0.15, 0.2) is 54.7 Å². The van der Waals surface area contributed by atoms with Crippen LogP contribution in [0.25, 0.3) is 10.9 Å². The molecule has 0 saturated heterocycles. The largest absolute Gasteiger partial charge is 0.496 e. The van der Waals surface area contributed by atoms with E-state index in [9.17, 15) is 0 Å². The van der Waals surface area contributed by atoms with E-state index in [1.165, 1.54) is 0 Å². The number of nitrogens with two attached hydrogens (primary N) is 1. The summed E-state index contributed by atoms with van der Waals surface area (Å²) in [6, 6.07) is 15.3. The Bertz CT molecular complexity index is 766. The van der Waals surface area contributed by atoms with Crippen molar-refractivity contribution in [3.05, 3.63) is 60.3 Å². The number of benzene rings is 2. The molecule has 3 aromatic rings. The molecule has 106 valence electrons. The Kier molecular flexibility index (Phi) is 3.60. The van der Waals surface area contributed by atoms with Gasteiger partial charge in [0.15, 0.2) is 0 Å². The SMILES string of the molecule is COc1cc(N)ccc1COc1cccc2cccnc12. The zero-order chi connectivity index (χ0) is 14.7. The lowest BCUT2D eigenvalue weighted by Gasteiger charge is -2.12. The maximum atomic E-state index is 5.90. The first-order valence-corrected chi connectivity index (χ1v) is 6.67. The third-order valence-electron chi connectivity index (χ3n) is 3.29. The molecule has 21 heavy (non-hydrogen) atoms. The maximum absolute atomic E-state index is 5.90. The summed E-state index contributed by atoms with van der Waals surface area (Å²) in [6.45, 7) is 0.402. The molecule has 0 fully saturated rings. The second kappa shape index (κ2) is 5.71. The topological polar surface area (TPSA) is 57.4 Å². The molecule has 1 aromatic heterocycles. The molecule has 0 aliphatic rings. The van der Waals surface area contributed by atoms with Gasteiger partial charge in [-0.2, -0.15) is 0 Å². The lowest BCUT2D eigenvalue weighted by atomic mass is 10.2. The normalized spacial score (nSPS) is 10.5. The molecular weight excluding hydrogens is 264 g/mol. The van der Waals surface area contributed by atoms with Crippen LogP contribution in [0.3, 0.4) is 0 Å². The van der Waals surface area contributed by atoms with Crippen molar-refractivity contribution in [2.45, 2.75) is 6.61 Å². The summed E-state index contributed by atoms with van der Waals surface area (Å²) in [7, 11) is 1.62. The van der Waals surface area contributed by atoms with E-state index in [1.807, 2.05) is 42.5 Å². The molecule has 0 saturated carbocycles. The van der Waals surface area contributed by atoms with Crippen molar-refractivity contribution in [1.29, 1.82) is 0 Å². The fraction of sp³-hybridized carbons (Fsp3) is 0.118. The third kappa shape index (κ3) is 2.74. The second-order valence-corrected chi connectivity index (χ2v) is 4.69. The number of fused-ring (bicyclic) bond motifs is 1. The minimum atomic E-state index is 0.402. The van der Waals surface area contributed by atoms with Gasteiger partial charge in [-0.3, -0.25) is 4.98 Å². The number of hydrogen-bond acceptors (Lipinski definition) is 4. The highest BCUT2D eigenvalue weighted by Gasteiger charge is 2.07. The number of anilines is 1. The van der Waals surface area contributed by atoms with Gasteiger partial charge in [0.05, 0.1) is 7.11 Å². The van der Waals surface area contributed by atoms with Crippen molar-refractivity contribution in [2.24, 2.45) is 0 Å². The smallest absolute Gasteiger partial charge is 0.146 e. The van der Waals surface area contributed by atoms with E-state index in [-0.39, 0.29) is 0 Å². The molecule has 2 aromatic carbocycles. The van der Waals surface area contributed by atoms with Gasteiger partial charge < -0.3 is 15.2 Å². The summed E-state index contributed by atoms with van der Waals surface area (Å²) in [5, 5.41) is 1.05. The summed E-state index contributed by atoms with van der Waals surface area (Å²) >= 11 is 0. The number of nitrogens with zero attached hydrogens (tertiary/aromatic N) is 1. The van der Waals surface area contributed by atoms with Crippen molar-refractivity contribution in [3.63, 3.8) is 0 Å². The Hall–Kier alpha value is -2.75. The molecule has 0 aliphatic heterocycles. The van der Waals surface area contributed by atoms with Gasteiger partial charge in [0.2, 0.25) is 0 Å². The number of pyridine rings is 1. The molecule has 0 amide bonds. The van der Waals surface area contributed by atoms with E-state index in [2.05, 4.69) is 4.98 Å². The van der Waals surface area contributed by atoms with E-state index in [4.69, 9.17) is 15.2 Å². The number of hydrogen-bond donors (Lipinski definition) is 1. The van der Waals surface area contributed by atoms with Gasteiger partial charge in [-0.05, 0) is 24.3 Å². The molecule has 0 atom stereocenters. The molecule has 4 heteroatoms. The molecule has 3 rings (SSSR count). The van der Waals surface area contributed by atoms with E-state index >= 15 is 0 Å². The van der Waals surface area contributed by atoms with E-state index in [0.29, 0.717) is 12.3 Å². The number of aromatic nitrogens is 1. The van der Waals surface area contributed by atoms with Crippen LogP contribution in [0.5, 0.6) is 11.5 Å². The minimum Gasteiger partial charge on any atom is -0.496 e. The fourth-order valence-corrected chi connectivity index (χ4v) is 2.23. The Morgan fingerprint density at radius 3 is 2.76 bits per heavy atom. The molecule has 0 aliphatic carbocycles. The molecule has 0 bridgehead atoms. The summed E-state index contributed by atoms with van der Waals surface area (Å²) < 4.78 is 11.2. The highest BCUT2D eigenvalue weighted by atomic mass is 16.5. The first-order valence-electron chi connectivity index (χ1n) is 6.67. The standard InChI is InChI=1S/C17H16N2O2/c1-20-16-10-14(18)8-7-13(16)11-21-15-6-2-4-12-5-3-9-19-17(12)15/h2-10H,11,18H2,1H3. The van der Waals surface area contributed by atoms with Gasteiger partial charge in [-0.1, -0.05) is 18.2 Å². The van der Waals surface area contributed by atoms with Crippen LogP contribution in [0.2, 0.25) is 0 Å². The number of ether oxygens (including phenoxy) is 2. The fourth-order valence-electron chi connectivity index (χ4n) is 2.23. The molecule has 0 spiro atoms. The van der Waals surface area contributed by atoms with Crippen molar-refractivity contribution in [1.82, 2.24) is 4.98 Å². The number of para-hydroxylation sites is 1. The van der Waals surface area contributed by atoms with Gasteiger partial charge in [0.1, 0.15) is 23.6 Å². The summed E-state index contributed by atoms with van der Waals surface area (Å²) in [5.74, 6) is 1.48. The number of nitrogen functional groups attached to an aromatic ring is 1. The van der Waals surface area contributed by atoms with Gasteiger partial charge >= 0.3 is 0 Å². The number of rotatable bonds is 4. The monoisotopic (exact) mass is 280 g/mol. The van der Waals surface area contributed by atoms with Gasteiger partial charge in [-0.25, -0.2) is 0 Å². The molecule has 2 N–H and O–H groups in total. The zero-order valence-electron chi connectivity index (χ0n) is 11.7. The van der Waals surface area contributed by atoms with Crippen LogP contribution in [0, 0.1) is 0 Å². The van der Waals surface area contributed by atoms with E-state index in [0.717, 1.165) is 28.0 Å². The second-order valence-electron chi connectivity index (χ2n) is 4.69.